The fraction of sp³-hybridized carbons (Fsp3) is 0.348. The van der Waals surface area contributed by atoms with Gasteiger partial charge in [0.1, 0.15) is 5.75 Å². The number of carbonyl (C=O) groups is 1. The maximum atomic E-state index is 12.9. The minimum atomic E-state index is 0.167. The molecule has 1 aromatic heterocycles. The third-order valence-corrected chi connectivity index (χ3v) is 5.54. The van der Waals surface area contributed by atoms with Crippen molar-refractivity contribution in [1.82, 2.24) is 9.47 Å². The smallest absolute Gasteiger partial charge is 0.223 e. The number of fused-ring (bicyclic) bond motifs is 1. The SMILES string of the molecule is COc1ccc([C@@H]2CCCN2C(=O)CCCn2cccc2)c2ccccc12. The number of hydrogen-bond donors (Lipinski definition) is 0. The summed E-state index contributed by atoms with van der Waals surface area (Å²) in [6.07, 6.45) is 7.66. The van der Waals surface area contributed by atoms with Crippen LogP contribution in [-0.4, -0.2) is 29.0 Å². The summed E-state index contributed by atoms with van der Waals surface area (Å²) in [4.78, 5) is 15.0. The van der Waals surface area contributed by atoms with Crippen molar-refractivity contribution in [2.45, 2.75) is 38.3 Å². The Labute approximate surface area is 160 Å². The van der Waals surface area contributed by atoms with E-state index in [2.05, 4.69) is 33.7 Å². The van der Waals surface area contributed by atoms with E-state index in [1.54, 1.807) is 7.11 Å². The Kier molecular flexibility index (Phi) is 5.14. The number of aryl methyl sites for hydroxylation is 1. The molecule has 4 heteroatoms. The van der Waals surface area contributed by atoms with Crippen LogP contribution in [0.2, 0.25) is 0 Å². The number of amides is 1. The maximum absolute atomic E-state index is 12.9. The number of hydrogen-bond acceptors (Lipinski definition) is 2. The number of rotatable bonds is 6. The first kappa shape index (κ1) is 17.7. The molecule has 27 heavy (non-hydrogen) atoms. The summed E-state index contributed by atoms with van der Waals surface area (Å²) in [5.41, 5.74) is 1.24. The van der Waals surface area contributed by atoms with E-state index in [-0.39, 0.29) is 11.9 Å². The van der Waals surface area contributed by atoms with Crippen molar-refractivity contribution in [1.29, 1.82) is 0 Å². The van der Waals surface area contributed by atoms with Gasteiger partial charge in [-0.15, -0.1) is 0 Å². The first-order valence-electron chi connectivity index (χ1n) is 9.74. The van der Waals surface area contributed by atoms with Crippen molar-refractivity contribution in [2.24, 2.45) is 0 Å². The Bertz CT molecular complexity index is 917. The molecule has 0 saturated carbocycles. The molecule has 0 N–H and O–H groups in total. The lowest BCUT2D eigenvalue weighted by Gasteiger charge is -2.26. The minimum absolute atomic E-state index is 0.167. The molecular formula is C23H26N2O2. The minimum Gasteiger partial charge on any atom is -0.496 e. The lowest BCUT2D eigenvalue weighted by molar-refractivity contribution is -0.132. The van der Waals surface area contributed by atoms with Crippen molar-refractivity contribution in [3.8, 4) is 5.75 Å². The van der Waals surface area contributed by atoms with E-state index in [1.165, 1.54) is 10.9 Å². The van der Waals surface area contributed by atoms with Crippen LogP contribution in [0, 0.1) is 0 Å². The lowest BCUT2D eigenvalue weighted by atomic mass is 9.96. The lowest BCUT2D eigenvalue weighted by Crippen LogP contribution is -2.30. The zero-order valence-electron chi connectivity index (χ0n) is 15.8. The van der Waals surface area contributed by atoms with Crippen LogP contribution >= 0.6 is 0 Å². The molecule has 1 aliphatic heterocycles. The highest BCUT2D eigenvalue weighted by molar-refractivity contribution is 5.92. The zero-order chi connectivity index (χ0) is 18.6. The van der Waals surface area contributed by atoms with Gasteiger partial charge in [0.05, 0.1) is 13.2 Å². The second-order valence-electron chi connectivity index (χ2n) is 7.17. The molecule has 1 aliphatic rings. The van der Waals surface area contributed by atoms with Crippen LogP contribution in [0.15, 0.2) is 60.9 Å². The zero-order valence-corrected chi connectivity index (χ0v) is 15.8. The third-order valence-electron chi connectivity index (χ3n) is 5.54. The highest BCUT2D eigenvalue weighted by atomic mass is 16.5. The Balaban J connectivity index is 1.53. The average Bonchev–Trinajstić information content (AvgIpc) is 3.39. The predicted octanol–water partition coefficient (Wildman–Crippen LogP) is 4.79. The maximum Gasteiger partial charge on any atom is 0.223 e. The van der Waals surface area contributed by atoms with Crippen LogP contribution in [0.3, 0.4) is 0 Å². The summed E-state index contributed by atoms with van der Waals surface area (Å²) in [6.45, 7) is 1.75. The van der Waals surface area contributed by atoms with Crippen LogP contribution in [-0.2, 0) is 11.3 Å². The molecule has 0 spiro atoms. The van der Waals surface area contributed by atoms with Crippen LogP contribution in [0.4, 0.5) is 0 Å². The second-order valence-corrected chi connectivity index (χ2v) is 7.17. The molecular weight excluding hydrogens is 336 g/mol. The Morgan fingerprint density at radius 3 is 2.63 bits per heavy atom. The number of likely N-dealkylation sites (tertiary alicyclic amines) is 1. The Morgan fingerprint density at radius 1 is 1.07 bits per heavy atom. The van der Waals surface area contributed by atoms with E-state index in [0.29, 0.717) is 6.42 Å². The number of nitrogens with zero attached hydrogens (tertiary/aromatic N) is 2. The van der Waals surface area contributed by atoms with E-state index < -0.39 is 0 Å². The Hall–Kier alpha value is -2.75. The number of benzene rings is 2. The summed E-state index contributed by atoms with van der Waals surface area (Å²) in [5.74, 6) is 1.15. The van der Waals surface area contributed by atoms with E-state index in [0.717, 1.165) is 43.5 Å². The van der Waals surface area contributed by atoms with E-state index >= 15 is 0 Å². The van der Waals surface area contributed by atoms with Crippen molar-refractivity contribution in [3.05, 3.63) is 66.5 Å². The number of aromatic nitrogens is 1. The number of ether oxygens (including phenoxy) is 1. The molecule has 0 radical (unpaired) electrons. The summed E-state index contributed by atoms with van der Waals surface area (Å²) in [7, 11) is 1.71. The third kappa shape index (κ3) is 3.57. The van der Waals surface area contributed by atoms with Crippen LogP contribution in [0.1, 0.15) is 37.3 Å². The highest BCUT2D eigenvalue weighted by Crippen LogP contribution is 2.39. The predicted molar refractivity (Wildman–Crippen MR) is 108 cm³/mol. The van der Waals surface area contributed by atoms with E-state index in [9.17, 15) is 4.79 Å². The molecule has 4 nitrogen and oxygen atoms in total. The van der Waals surface area contributed by atoms with Crippen LogP contribution in [0.5, 0.6) is 5.75 Å². The largest absolute Gasteiger partial charge is 0.496 e. The standard InChI is InChI=1S/C23H26N2O2/c1-27-22-13-12-19(18-8-2-3-9-20(18)22)21-10-6-17-25(21)23(26)11-7-16-24-14-4-5-15-24/h2-5,8-9,12-15,21H,6-7,10-11,16-17H2,1H3/t21-/m0/s1. The van der Waals surface area contributed by atoms with E-state index in [1.807, 2.05) is 36.7 Å². The molecule has 2 heterocycles. The van der Waals surface area contributed by atoms with Gasteiger partial charge in [-0.3, -0.25) is 4.79 Å². The van der Waals surface area contributed by atoms with Gasteiger partial charge < -0.3 is 14.2 Å². The first-order chi connectivity index (χ1) is 13.3. The monoisotopic (exact) mass is 362 g/mol. The molecule has 0 aliphatic carbocycles. The Morgan fingerprint density at radius 2 is 1.85 bits per heavy atom. The highest BCUT2D eigenvalue weighted by Gasteiger charge is 2.30. The van der Waals surface area contributed by atoms with Gasteiger partial charge in [-0.05, 0) is 48.4 Å². The van der Waals surface area contributed by atoms with Crippen molar-refractivity contribution >= 4 is 16.7 Å². The molecule has 140 valence electrons. The summed E-state index contributed by atoms with van der Waals surface area (Å²) < 4.78 is 7.66. The quantitative estimate of drug-likeness (QED) is 0.632. The van der Waals surface area contributed by atoms with Gasteiger partial charge in [0.25, 0.3) is 0 Å². The molecule has 0 bridgehead atoms. The van der Waals surface area contributed by atoms with Gasteiger partial charge in [0, 0.05) is 37.3 Å². The fourth-order valence-corrected chi connectivity index (χ4v) is 4.23. The van der Waals surface area contributed by atoms with Gasteiger partial charge in [-0.25, -0.2) is 0 Å². The average molecular weight is 362 g/mol. The molecule has 1 fully saturated rings. The van der Waals surface area contributed by atoms with Gasteiger partial charge in [-0.2, -0.15) is 0 Å². The molecule has 0 unspecified atom stereocenters. The van der Waals surface area contributed by atoms with Crippen molar-refractivity contribution in [2.75, 3.05) is 13.7 Å². The molecule has 4 rings (SSSR count). The van der Waals surface area contributed by atoms with Gasteiger partial charge in [0.15, 0.2) is 0 Å². The van der Waals surface area contributed by atoms with Gasteiger partial charge >= 0.3 is 0 Å². The molecule has 1 atom stereocenters. The summed E-state index contributed by atoms with van der Waals surface area (Å²) in [6, 6.07) is 16.7. The summed E-state index contributed by atoms with van der Waals surface area (Å²) >= 11 is 0. The topological polar surface area (TPSA) is 34.5 Å². The summed E-state index contributed by atoms with van der Waals surface area (Å²) in [5, 5.41) is 2.30. The molecule has 3 aromatic rings. The molecule has 1 saturated heterocycles. The first-order valence-corrected chi connectivity index (χ1v) is 9.74. The van der Waals surface area contributed by atoms with Crippen LogP contribution < -0.4 is 4.74 Å². The second kappa shape index (κ2) is 7.87. The van der Waals surface area contributed by atoms with Crippen molar-refractivity contribution < 1.29 is 9.53 Å². The molecule has 2 aromatic carbocycles. The van der Waals surface area contributed by atoms with E-state index in [4.69, 9.17) is 4.74 Å². The van der Waals surface area contributed by atoms with Crippen LogP contribution in [0.25, 0.3) is 10.8 Å². The fourth-order valence-electron chi connectivity index (χ4n) is 4.23. The number of carbonyl (C=O) groups excluding carboxylic acids is 1. The molecule has 1 amide bonds. The van der Waals surface area contributed by atoms with Gasteiger partial charge in [0.2, 0.25) is 5.91 Å². The number of methoxy groups -OCH3 is 1. The van der Waals surface area contributed by atoms with Gasteiger partial charge in [-0.1, -0.05) is 30.3 Å². The normalized spacial score (nSPS) is 16.8. The van der Waals surface area contributed by atoms with Crippen molar-refractivity contribution in [3.63, 3.8) is 0 Å².